The third-order valence-corrected chi connectivity index (χ3v) is 3.94. The van der Waals surface area contributed by atoms with Gasteiger partial charge in [-0.1, -0.05) is 19.1 Å². The predicted molar refractivity (Wildman–Crippen MR) is 71.6 cm³/mol. The van der Waals surface area contributed by atoms with Crippen molar-refractivity contribution in [2.75, 3.05) is 0 Å². The molecule has 2 heterocycles. The van der Waals surface area contributed by atoms with Crippen LogP contribution in [0.4, 0.5) is 0 Å². The molecule has 16 heavy (non-hydrogen) atoms. The molecule has 84 valence electrons. The molecule has 0 unspecified atom stereocenters. The average molecular weight is 250 g/mol. The van der Waals surface area contributed by atoms with Crippen LogP contribution < -0.4 is 0 Å². The Hall–Kier alpha value is -1.00. The van der Waals surface area contributed by atoms with Crippen molar-refractivity contribution in [3.05, 3.63) is 33.0 Å². The summed E-state index contributed by atoms with van der Waals surface area (Å²) in [5.41, 5.74) is 2.18. The summed E-state index contributed by atoms with van der Waals surface area (Å²) in [6.07, 6.45) is 0.876. The first-order valence-corrected chi connectivity index (χ1v) is 6.51. The van der Waals surface area contributed by atoms with Crippen LogP contribution in [0.5, 0.6) is 0 Å². The fraction of sp³-hybridized carbons (Fsp3) is 0.333. The molecular weight excluding hydrogens is 236 g/mol. The highest BCUT2D eigenvalue weighted by Gasteiger charge is 2.08. The number of hydrogen-bond donors (Lipinski definition) is 1. The first kappa shape index (κ1) is 11.5. The van der Waals surface area contributed by atoms with E-state index in [0.29, 0.717) is 4.64 Å². The van der Waals surface area contributed by atoms with Crippen LogP contribution in [-0.2, 0) is 6.42 Å². The van der Waals surface area contributed by atoms with Crippen LogP contribution in [0.25, 0.3) is 10.6 Å². The van der Waals surface area contributed by atoms with Crippen molar-refractivity contribution in [2.45, 2.75) is 27.2 Å². The minimum Gasteiger partial charge on any atom is -0.342 e. The number of thiophene rings is 1. The van der Waals surface area contributed by atoms with Gasteiger partial charge in [0.05, 0.1) is 10.6 Å². The monoisotopic (exact) mass is 250 g/mol. The standard InChI is InChI=1S/C12H14N2S2/c1-4-10-13-11(8(3)12(15)14-10)9-6-5-7(2)16-9/h5-6H,4H2,1-3H3,(H,13,14,15). The number of nitrogens with zero attached hydrogens (tertiary/aromatic N) is 1. The summed E-state index contributed by atoms with van der Waals surface area (Å²) >= 11 is 7.05. The van der Waals surface area contributed by atoms with E-state index in [2.05, 4.69) is 35.9 Å². The van der Waals surface area contributed by atoms with E-state index >= 15 is 0 Å². The van der Waals surface area contributed by atoms with Crippen molar-refractivity contribution in [2.24, 2.45) is 0 Å². The van der Waals surface area contributed by atoms with E-state index < -0.39 is 0 Å². The Kier molecular flexibility index (Phi) is 3.21. The highest BCUT2D eigenvalue weighted by Crippen LogP contribution is 2.28. The van der Waals surface area contributed by atoms with Crippen molar-refractivity contribution in [3.8, 4) is 10.6 Å². The number of rotatable bonds is 2. The summed E-state index contributed by atoms with van der Waals surface area (Å²) in [5, 5.41) is 0. The molecule has 2 rings (SSSR count). The maximum absolute atomic E-state index is 5.27. The molecule has 0 radical (unpaired) electrons. The van der Waals surface area contributed by atoms with Crippen LogP contribution in [0, 0.1) is 18.5 Å². The third-order valence-electron chi connectivity index (χ3n) is 2.52. The summed E-state index contributed by atoms with van der Waals surface area (Å²) in [4.78, 5) is 10.3. The van der Waals surface area contributed by atoms with E-state index in [4.69, 9.17) is 12.2 Å². The molecule has 4 heteroatoms. The number of aromatic nitrogens is 2. The SMILES string of the molecule is CCc1nc(=S)c(C)c(-c2ccc(C)s2)[nH]1. The van der Waals surface area contributed by atoms with E-state index in [0.717, 1.165) is 23.5 Å². The largest absolute Gasteiger partial charge is 0.342 e. The molecule has 0 saturated heterocycles. The van der Waals surface area contributed by atoms with Gasteiger partial charge in [-0.2, -0.15) is 0 Å². The van der Waals surface area contributed by atoms with E-state index in [1.54, 1.807) is 11.3 Å². The zero-order chi connectivity index (χ0) is 11.7. The molecule has 0 aliphatic heterocycles. The Balaban J connectivity index is 2.64. The first-order chi connectivity index (χ1) is 7.61. The average Bonchev–Trinajstić information content (AvgIpc) is 2.68. The lowest BCUT2D eigenvalue weighted by molar-refractivity contribution is 0.927. The van der Waals surface area contributed by atoms with Gasteiger partial charge in [0, 0.05) is 16.9 Å². The lowest BCUT2D eigenvalue weighted by Gasteiger charge is -2.06. The molecule has 2 aromatic rings. The van der Waals surface area contributed by atoms with Gasteiger partial charge in [0.25, 0.3) is 0 Å². The fourth-order valence-electron chi connectivity index (χ4n) is 1.56. The van der Waals surface area contributed by atoms with Crippen molar-refractivity contribution in [3.63, 3.8) is 0 Å². The number of nitrogens with one attached hydrogen (secondary N) is 1. The highest BCUT2D eigenvalue weighted by atomic mass is 32.1. The molecule has 0 fully saturated rings. The summed E-state index contributed by atoms with van der Waals surface area (Å²) in [7, 11) is 0. The molecule has 0 bridgehead atoms. The lowest BCUT2D eigenvalue weighted by atomic mass is 10.2. The number of hydrogen-bond acceptors (Lipinski definition) is 3. The highest BCUT2D eigenvalue weighted by molar-refractivity contribution is 7.71. The van der Waals surface area contributed by atoms with Crippen LogP contribution in [0.2, 0.25) is 0 Å². The van der Waals surface area contributed by atoms with Crippen molar-refractivity contribution < 1.29 is 0 Å². The minimum absolute atomic E-state index is 0.705. The number of aromatic amines is 1. The van der Waals surface area contributed by atoms with Crippen LogP contribution in [-0.4, -0.2) is 9.97 Å². The van der Waals surface area contributed by atoms with Gasteiger partial charge >= 0.3 is 0 Å². The maximum Gasteiger partial charge on any atom is 0.133 e. The van der Waals surface area contributed by atoms with Gasteiger partial charge in [0.2, 0.25) is 0 Å². The van der Waals surface area contributed by atoms with Gasteiger partial charge in [-0.05, 0) is 26.0 Å². The molecule has 2 aromatic heterocycles. The van der Waals surface area contributed by atoms with Gasteiger partial charge < -0.3 is 4.98 Å². The van der Waals surface area contributed by atoms with Gasteiger partial charge in [0.1, 0.15) is 10.5 Å². The van der Waals surface area contributed by atoms with E-state index in [-0.39, 0.29) is 0 Å². The smallest absolute Gasteiger partial charge is 0.133 e. The summed E-state index contributed by atoms with van der Waals surface area (Å²) in [6.45, 7) is 6.21. The summed E-state index contributed by atoms with van der Waals surface area (Å²) in [6, 6.07) is 4.26. The van der Waals surface area contributed by atoms with Gasteiger partial charge in [0.15, 0.2) is 0 Å². The molecule has 0 aliphatic rings. The molecule has 2 nitrogen and oxygen atoms in total. The Bertz CT molecular complexity index is 567. The quantitative estimate of drug-likeness (QED) is 0.815. The molecule has 0 atom stereocenters. The molecule has 0 saturated carbocycles. The molecule has 0 aromatic carbocycles. The van der Waals surface area contributed by atoms with E-state index in [9.17, 15) is 0 Å². The second kappa shape index (κ2) is 4.47. The van der Waals surface area contributed by atoms with Gasteiger partial charge in [-0.15, -0.1) is 11.3 Å². The Morgan fingerprint density at radius 3 is 2.69 bits per heavy atom. The second-order valence-corrected chi connectivity index (χ2v) is 5.43. The molecule has 0 spiro atoms. The zero-order valence-electron chi connectivity index (χ0n) is 9.63. The topological polar surface area (TPSA) is 28.7 Å². The summed E-state index contributed by atoms with van der Waals surface area (Å²) in [5.74, 6) is 0.955. The van der Waals surface area contributed by atoms with Crippen LogP contribution in [0.3, 0.4) is 0 Å². The second-order valence-electron chi connectivity index (χ2n) is 3.75. The van der Waals surface area contributed by atoms with Crippen molar-refractivity contribution >= 4 is 23.6 Å². The Labute approximate surface area is 104 Å². The zero-order valence-corrected chi connectivity index (χ0v) is 11.3. The number of H-pyrrole nitrogens is 1. The third kappa shape index (κ3) is 2.08. The normalized spacial score (nSPS) is 10.7. The van der Waals surface area contributed by atoms with E-state index in [1.807, 2.05) is 6.92 Å². The summed E-state index contributed by atoms with van der Waals surface area (Å²) < 4.78 is 0.705. The lowest BCUT2D eigenvalue weighted by Crippen LogP contribution is -1.98. The van der Waals surface area contributed by atoms with Crippen molar-refractivity contribution in [1.82, 2.24) is 9.97 Å². The Morgan fingerprint density at radius 2 is 2.12 bits per heavy atom. The van der Waals surface area contributed by atoms with Gasteiger partial charge in [-0.25, -0.2) is 4.98 Å². The van der Waals surface area contributed by atoms with E-state index in [1.165, 1.54) is 9.75 Å². The minimum atomic E-state index is 0.705. The fourth-order valence-corrected chi connectivity index (χ4v) is 2.70. The van der Waals surface area contributed by atoms with Crippen LogP contribution in [0.15, 0.2) is 12.1 Å². The molecule has 1 N–H and O–H groups in total. The maximum atomic E-state index is 5.27. The van der Waals surface area contributed by atoms with Crippen molar-refractivity contribution in [1.29, 1.82) is 0 Å². The molecular formula is C12H14N2S2. The molecule has 0 aliphatic carbocycles. The predicted octanol–water partition coefficient (Wildman–Crippen LogP) is 4.05. The molecule has 0 amide bonds. The van der Waals surface area contributed by atoms with Crippen LogP contribution >= 0.6 is 23.6 Å². The van der Waals surface area contributed by atoms with Gasteiger partial charge in [-0.3, -0.25) is 0 Å². The van der Waals surface area contributed by atoms with Crippen LogP contribution in [0.1, 0.15) is 23.2 Å². The first-order valence-electron chi connectivity index (χ1n) is 5.28. The number of aryl methyl sites for hydroxylation is 2. The Morgan fingerprint density at radius 1 is 1.38 bits per heavy atom.